The predicted molar refractivity (Wildman–Crippen MR) is 68.5 cm³/mol. The summed E-state index contributed by atoms with van der Waals surface area (Å²) in [6.07, 6.45) is 0. The minimum atomic E-state index is -0.201. The molecule has 1 N–H and O–H groups in total. The highest BCUT2D eigenvalue weighted by Crippen LogP contribution is 2.23. The lowest BCUT2D eigenvalue weighted by atomic mass is 9.96. The lowest BCUT2D eigenvalue weighted by Gasteiger charge is -2.10. The minimum absolute atomic E-state index is 0.198. The Labute approximate surface area is 105 Å². The number of rotatable bonds is 1. The van der Waals surface area contributed by atoms with E-state index in [4.69, 9.17) is 4.52 Å². The van der Waals surface area contributed by atoms with E-state index in [1.165, 1.54) is 0 Å². The van der Waals surface area contributed by atoms with E-state index >= 15 is 0 Å². The number of aromatic amines is 1. The van der Waals surface area contributed by atoms with Crippen LogP contribution >= 0.6 is 0 Å². The largest absolute Gasteiger partial charge is 0.334 e. The Morgan fingerprint density at radius 3 is 2.44 bits per heavy atom. The zero-order valence-electron chi connectivity index (χ0n) is 11.3. The third kappa shape index (κ3) is 2.20. The molecule has 0 saturated carbocycles. The van der Waals surface area contributed by atoms with Crippen LogP contribution in [-0.4, -0.2) is 15.1 Å². The fourth-order valence-electron chi connectivity index (χ4n) is 1.75. The Balaban J connectivity index is 2.57. The number of nitrogens with one attached hydrogen (secondary N) is 1. The van der Waals surface area contributed by atoms with Gasteiger partial charge in [0, 0.05) is 11.1 Å². The quantitative estimate of drug-likeness (QED) is 0.839. The van der Waals surface area contributed by atoms with Crippen LogP contribution in [0, 0.1) is 13.8 Å². The smallest absolute Gasteiger partial charge is 0.263 e. The molecule has 0 spiro atoms. The van der Waals surface area contributed by atoms with Crippen LogP contribution in [0.5, 0.6) is 0 Å². The van der Waals surface area contributed by atoms with E-state index in [1.807, 2.05) is 40.7 Å². The van der Waals surface area contributed by atoms with Gasteiger partial charge in [-0.1, -0.05) is 25.9 Å². The molecule has 2 aromatic heterocycles. The lowest BCUT2D eigenvalue weighted by Crippen LogP contribution is -2.14. The average Bonchev–Trinajstić information content (AvgIpc) is 2.64. The zero-order chi connectivity index (χ0) is 13.5. The maximum absolute atomic E-state index is 11.9. The molecule has 2 heterocycles. The second kappa shape index (κ2) is 4.08. The first-order valence-corrected chi connectivity index (χ1v) is 5.84. The third-order valence-corrected chi connectivity index (χ3v) is 2.68. The van der Waals surface area contributed by atoms with Crippen LogP contribution in [0.25, 0.3) is 11.5 Å². The van der Waals surface area contributed by atoms with Crippen molar-refractivity contribution in [2.75, 3.05) is 0 Å². The molecule has 0 bridgehead atoms. The molecule has 0 aliphatic heterocycles. The zero-order valence-corrected chi connectivity index (χ0v) is 11.3. The summed E-state index contributed by atoms with van der Waals surface area (Å²) in [7, 11) is 0. The van der Waals surface area contributed by atoms with Crippen molar-refractivity contribution in [3.8, 4) is 11.5 Å². The van der Waals surface area contributed by atoms with E-state index in [2.05, 4.69) is 15.1 Å². The van der Waals surface area contributed by atoms with Crippen LogP contribution < -0.4 is 5.56 Å². The van der Waals surface area contributed by atoms with Gasteiger partial charge in [0.1, 0.15) is 5.56 Å². The molecule has 0 unspecified atom stereocenters. The number of aromatic nitrogens is 3. The number of hydrogen-bond acceptors (Lipinski definition) is 4. The first kappa shape index (κ1) is 12.5. The van der Waals surface area contributed by atoms with E-state index in [9.17, 15) is 4.79 Å². The van der Waals surface area contributed by atoms with Gasteiger partial charge in [-0.25, -0.2) is 0 Å². The number of aryl methyl sites for hydroxylation is 2. The summed E-state index contributed by atoms with van der Waals surface area (Å²) in [6.45, 7) is 9.68. The first-order valence-electron chi connectivity index (χ1n) is 5.84. The molecule has 0 radical (unpaired) electrons. The second-order valence-electron chi connectivity index (χ2n) is 5.51. The van der Waals surface area contributed by atoms with Gasteiger partial charge in [-0.05, 0) is 25.5 Å². The topological polar surface area (TPSA) is 71.8 Å². The molecule has 0 atom stereocenters. The third-order valence-electron chi connectivity index (χ3n) is 2.68. The molecule has 0 aliphatic rings. The molecule has 5 nitrogen and oxygen atoms in total. The summed E-state index contributed by atoms with van der Waals surface area (Å²) in [5, 5.41) is 3.93. The molecule has 0 aliphatic carbocycles. The van der Waals surface area contributed by atoms with Crippen molar-refractivity contribution < 1.29 is 4.52 Å². The second-order valence-corrected chi connectivity index (χ2v) is 5.51. The summed E-state index contributed by atoms with van der Waals surface area (Å²) in [6, 6.07) is 1.89. The summed E-state index contributed by atoms with van der Waals surface area (Å²) in [5.74, 6) is 0.871. The molecular weight excluding hydrogens is 230 g/mol. The molecule has 2 rings (SSSR count). The molecule has 2 aromatic rings. The number of H-pyrrole nitrogens is 1. The van der Waals surface area contributed by atoms with Crippen LogP contribution in [0.15, 0.2) is 15.4 Å². The van der Waals surface area contributed by atoms with Gasteiger partial charge in [0.05, 0.1) is 0 Å². The molecule has 18 heavy (non-hydrogen) atoms. The van der Waals surface area contributed by atoms with Gasteiger partial charge < -0.3 is 9.51 Å². The molecule has 5 heteroatoms. The van der Waals surface area contributed by atoms with Crippen molar-refractivity contribution in [1.82, 2.24) is 15.1 Å². The summed E-state index contributed by atoms with van der Waals surface area (Å²) in [5.41, 5.74) is 1.70. The molecular formula is C13H17N3O2. The maximum atomic E-state index is 11.9. The molecule has 0 amide bonds. The van der Waals surface area contributed by atoms with Crippen LogP contribution in [0.2, 0.25) is 0 Å². The Hall–Kier alpha value is -1.91. The van der Waals surface area contributed by atoms with Crippen molar-refractivity contribution >= 4 is 0 Å². The maximum Gasteiger partial charge on any atom is 0.263 e. The lowest BCUT2D eigenvalue weighted by molar-refractivity contribution is 0.402. The highest BCUT2D eigenvalue weighted by atomic mass is 16.5. The molecule has 0 fully saturated rings. The van der Waals surface area contributed by atoms with Crippen molar-refractivity contribution in [3.63, 3.8) is 0 Å². The van der Waals surface area contributed by atoms with E-state index in [-0.39, 0.29) is 16.9 Å². The normalized spacial score (nSPS) is 11.8. The summed E-state index contributed by atoms with van der Waals surface area (Å²) < 4.78 is 5.20. The van der Waals surface area contributed by atoms with Crippen LogP contribution in [0.3, 0.4) is 0 Å². The van der Waals surface area contributed by atoms with E-state index in [0.29, 0.717) is 11.4 Å². The number of nitrogens with zero attached hydrogens (tertiary/aromatic N) is 2. The van der Waals surface area contributed by atoms with Crippen LogP contribution in [0.4, 0.5) is 0 Å². The van der Waals surface area contributed by atoms with Gasteiger partial charge in [0.15, 0.2) is 5.82 Å². The Bertz CT molecular complexity index is 632. The number of hydrogen-bond donors (Lipinski definition) is 1. The van der Waals surface area contributed by atoms with Gasteiger partial charge >= 0.3 is 0 Å². The Morgan fingerprint density at radius 2 is 1.94 bits per heavy atom. The minimum Gasteiger partial charge on any atom is -0.334 e. The van der Waals surface area contributed by atoms with Crippen molar-refractivity contribution in [1.29, 1.82) is 0 Å². The predicted octanol–water partition coefficient (Wildman–Crippen LogP) is 2.34. The highest BCUT2D eigenvalue weighted by Gasteiger charge is 2.23. The van der Waals surface area contributed by atoms with E-state index in [1.54, 1.807) is 0 Å². The molecule has 96 valence electrons. The fourth-order valence-corrected chi connectivity index (χ4v) is 1.75. The standard InChI is InChI=1S/C13H17N3O2/c1-7-6-8(2)14-10(17)9(7)11-15-12(16-18-11)13(3,4)5/h6H,1-5H3,(H,14,17). The van der Waals surface area contributed by atoms with Crippen molar-refractivity contribution in [2.24, 2.45) is 0 Å². The fraction of sp³-hybridized carbons (Fsp3) is 0.462. The van der Waals surface area contributed by atoms with Gasteiger partial charge in [-0.3, -0.25) is 4.79 Å². The van der Waals surface area contributed by atoms with E-state index in [0.717, 1.165) is 11.3 Å². The SMILES string of the molecule is Cc1cc(C)c(-c2nc(C(C)(C)C)no2)c(=O)[nH]1. The van der Waals surface area contributed by atoms with Crippen LogP contribution in [-0.2, 0) is 5.41 Å². The Morgan fingerprint density at radius 1 is 1.28 bits per heavy atom. The van der Waals surface area contributed by atoms with Gasteiger partial charge in [-0.2, -0.15) is 4.98 Å². The van der Waals surface area contributed by atoms with Crippen molar-refractivity contribution in [2.45, 2.75) is 40.0 Å². The average molecular weight is 247 g/mol. The van der Waals surface area contributed by atoms with Crippen LogP contribution in [0.1, 0.15) is 37.9 Å². The molecule has 0 saturated heterocycles. The monoisotopic (exact) mass is 247 g/mol. The number of pyridine rings is 1. The first-order chi connectivity index (χ1) is 8.29. The van der Waals surface area contributed by atoms with Gasteiger partial charge in [0.2, 0.25) is 0 Å². The summed E-state index contributed by atoms with van der Waals surface area (Å²) in [4.78, 5) is 19.0. The van der Waals surface area contributed by atoms with Gasteiger partial charge in [0.25, 0.3) is 11.4 Å². The van der Waals surface area contributed by atoms with Gasteiger partial charge in [-0.15, -0.1) is 0 Å². The summed E-state index contributed by atoms with van der Waals surface area (Å²) >= 11 is 0. The van der Waals surface area contributed by atoms with Crippen molar-refractivity contribution in [3.05, 3.63) is 33.5 Å². The highest BCUT2D eigenvalue weighted by molar-refractivity contribution is 5.56. The van der Waals surface area contributed by atoms with E-state index < -0.39 is 0 Å². The Kier molecular flexibility index (Phi) is 2.84. The molecule has 0 aromatic carbocycles.